The molecule has 1 aromatic carbocycles. The average molecular weight is 461 g/mol. The zero-order chi connectivity index (χ0) is 24.2. The van der Waals surface area contributed by atoms with Crippen LogP contribution in [0.4, 0.5) is 10.5 Å². The molecule has 2 aliphatic rings. The first kappa shape index (κ1) is 25.0. The van der Waals surface area contributed by atoms with Gasteiger partial charge in [0.2, 0.25) is 0 Å². The van der Waals surface area contributed by atoms with Crippen molar-refractivity contribution in [2.24, 2.45) is 11.3 Å². The van der Waals surface area contributed by atoms with Gasteiger partial charge in [-0.3, -0.25) is 4.79 Å². The SMILES string of the molecule is COCCNc1cc(C(=O)OC)ccc1CC(=O)C1CC12CCN(C(=O)OC(C)(C)C)CC2. The van der Waals surface area contributed by atoms with E-state index < -0.39 is 11.6 Å². The Bertz CT molecular complexity index is 883. The van der Waals surface area contributed by atoms with Crippen LogP contribution >= 0.6 is 0 Å². The number of rotatable bonds is 8. The fourth-order valence-corrected chi connectivity index (χ4v) is 4.56. The van der Waals surface area contributed by atoms with Crippen LogP contribution in [-0.4, -0.2) is 68.8 Å². The van der Waals surface area contributed by atoms with E-state index in [1.807, 2.05) is 26.8 Å². The molecule has 0 aromatic heterocycles. The lowest BCUT2D eigenvalue weighted by Gasteiger charge is -2.34. The third kappa shape index (κ3) is 6.25. The second kappa shape index (κ2) is 10.1. The fraction of sp³-hybridized carbons (Fsp3) is 0.640. The van der Waals surface area contributed by atoms with Crippen molar-refractivity contribution >= 4 is 23.5 Å². The molecule has 1 amide bonds. The highest BCUT2D eigenvalue weighted by atomic mass is 16.6. The van der Waals surface area contributed by atoms with Gasteiger partial charge in [0.15, 0.2) is 0 Å². The maximum atomic E-state index is 13.2. The van der Waals surface area contributed by atoms with Gasteiger partial charge in [-0.2, -0.15) is 0 Å². The van der Waals surface area contributed by atoms with Gasteiger partial charge in [-0.05, 0) is 63.1 Å². The lowest BCUT2D eigenvalue weighted by atomic mass is 9.88. The van der Waals surface area contributed by atoms with Crippen LogP contribution in [0, 0.1) is 11.3 Å². The van der Waals surface area contributed by atoms with Crippen LogP contribution in [0.15, 0.2) is 18.2 Å². The van der Waals surface area contributed by atoms with E-state index in [9.17, 15) is 14.4 Å². The quantitative estimate of drug-likeness (QED) is 0.467. The Balaban J connectivity index is 1.61. The standard InChI is InChI=1S/C25H36N2O6/c1-24(2,3)33-23(30)27-11-8-25(9-12-27)16-19(25)21(28)15-17-6-7-18(22(29)32-5)14-20(17)26-10-13-31-4/h6-7,14,19,26H,8-13,15-16H2,1-5H3. The molecule has 1 aromatic rings. The molecule has 0 bridgehead atoms. The van der Waals surface area contributed by atoms with Crippen molar-refractivity contribution in [2.75, 3.05) is 45.8 Å². The zero-order valence-electron chi connectivity index (χ0n) is 20.4. The number of hydrogen-bond acceptors (Lipinski definition) is 7. The summed E-state index contributed by atoms with van der Waals surface area (Å²) in [6.45, 7) is 7.91. The summed E-state index contributed by atoms with van der Waals surface area (Å²) in [6.07, 6.45) is 2.55. The number of likely N-dealkylation sites (tertiary alicyclic amines) is 1. The molecule has 1 heterocycles. The van der Waals surface area contributed by atoms with Gasteiger partial charge in [-0.1, -0.05) is 6.07 Å². The van der Waals surface area contributed by atoms with Crippen molar-refractivity contribution in [2.45, 2.75) is 52.1 Å². The number of esters is 1. The van der Waals surface area contributed by atoms with E-state index in [0.717, 1.165) is 30.5 Å². The summed E-state index contributed by atoms with van der Waals surface area (Å²) >= 11 is 0. The van der Waals surface area contributed by atoms with E-state index in [4.69, 9.17) is 14.2 Å². The molecule has 33 heavy (non-hydrogen) atoms. The smallest absolute Gasteiger partial charge is 0.410 e. The van der Waals surface area contributed by atoms with Crippen molar-refractivity contribution < 1.29 is 28.6 Å². The van der Waals surface area contributed by atoms with Crippen LogP contribution < -0.4 is 5.32 Å². The Morgan fingerprint density at radius 2 is 1.85 bits per heavy atom. The number of amides is 1. The van der Waals surface area contributed by atoms with Crippen molar-refractivity contribution in [1.82, 2.24) is 4.90 Å². The molecular formula is C25H36N2O6. The summed E-state index contributed by atoms with van der Waals surface area (Å²) in [5.41, 5.74) is 1.54. The van der Waals surface area contributed by atoms with Crippen LogP contribution in [0.3, 0.4) is 0 Å². The van der Waals surface area contributed by atoms with Crippen LogP contribution in [0.2, 0.25) is 0 Å². The second-order valence-corrected chi connectivity index (χ2v) is 10.0. The van der Waals surface area contributed by atoms with Crippen molar-refractivity contribution in [1.29, 1.82) is 0 Å². The largest absolute Gasteiger partial charge is 0.465 e. The predicted molar refractivity (Wildman–Crippen MR) is 124 cm³/mol. The molecule has 1 aliphatic heterocycles. The first-order valence-corrected chi connectivity index (χ1v) is 11.5. The van der Waals surface area contributed by atoms with Gasteiger partial charge in [0.25, 0.3) is 0 Å². The van der Waals surface area contributed by atoms with Gasteiger partial charge in [0.05, 0.1) is 19.3 Å². The van der Waals surface area contributed by atoms with Crippen LogP contribution in [-0.2, 0) is 25.4 Å². The minimum absolute atomic E-state index is 0.00515. The number of carbonyl (C=O) groups is 3. The highest BCUT2D eigenvalue weighted by Crippen LogP contribution is 2.60. The number of carbonyl (C=O) groups excluding carboxylic acids is 3. The Labute approximate surface area is 195 Å². The molecule has 1 saturated carbocycles. The molecule has 8 heteroatoms. The van der Waals surface area contributed by atoms with Gasteiger partial charge in [-0.25, -0.2) is 9.59 Å². The molecule has 2 fully saturated rings. The minimum Gasteiger partial charge on any atom is -0.465 e. The lowest BCUT2D eigenvalue weighted by molar-refractivity contribution is -0.120. The first-order valence-electron chi connectivity index (χ1n) is 11.5. The Hall–Kier alpha value is -2.61. The van der Waals surface area contributed by atoms with E-state index in [-0.39, 0.29) is 23.2 Å². The average Bonchev–Trinajstić information content (AvgIpc) is 3.46. The Morgan fingerprint density at radius 1 is 1.15 bits per heavy atom. The zero-order valence-corrected chi connectivity index (χ0v) is 20.4. The summed E-state index contributed by atoms with van der Waals surface area (Å²) in [4.78, 5) is 39.2. The molecule has 0 radical (unpaired) electrons. The summed E-state index contributed by atoms with van der Waals surface area (Å²) < 4.78 is 15.4. The number of anilines is 1. The summed E-state index contributed by atoms with van der Waals surface area (Å²) in [5, 5.41) is 3.26. The molecule has 182 valence electrons. The van der Waals surface area contributed by atoms with E-state index in [1.54, 1.807) is 24.1 Å². The number of nitrogens with one attached hydrogen (secondary N) is 1. The number of nitrogens with zero attached hydrogens (tertiary/aromatic N) is 1. The Kier molecular flexibility index (Phi) is 7.67. The minimum atomic E-state index is -0.511. The molecule has 1 spiro atoms. The van der Waals surface area contributed by atoms with Gasteiger partial charge in [0.1, 0.15) is 11.4 Å². The molecule has 1 aliphatic carbocycles. The maximum Gasteiger partial charge on any atom is 0.410 e. The third-order valence-electron chi connectivity index (χ3n) is 6.51. The molecule has 1 saturated heterocycles. The molecule has 1 atom stereocenters. The fourth-order valence-electron chi connectivity index (χ4n) is 4.56. The first-order chi connectivity index (χ1) is 15.6. The summed E-state index contributed by atoms with van der Waals surface area (Å²) in [5.74, 6) is -0.188. The lowest BCUT2D eigenvalue weighted by Crippen LogP contribution is -2.42. The number of benzene rings is 1. The van der Waals surface area contributed by atoms with Crippen molar-refractivity contribution in [3.8, 4) is 0 Å². The van der Waals surface area contributed by atoms with E-state index >= 15 is 0 Å². The molecule has 3 rings (SSSR count). The maximum absolute atomic E-state index is 13.2. The number of hydrogen-bond donors (Lipinski definition) is 1. The van der Waals surface area contributed by atoms with Gasteiger partial charge in [-0.15, -0.1) is 0 Å². The molecular weight excluding hydrogens is 424 g/mol. The van der Waals surface area contributed by atoms with Crippen molar-refractivity contribution in [3.05, 3.63) is 29.3 Å². The topological polar surface area (TPSA) is 94.2 Å². The predicted octanol–water partition coefficient (Wildman–Crippen LogP) is 3.68. The normalized spacial score (nSPS) is 19.2. The van der Waals surface area contributed by atoms with Gasteiger partial charge >= 0.3 is 12.1 Å². The van der Waals surface area contributed by atoms with E-state index in [2.05, 4.69) is 5.32 Å². The highest BCUT2D eigenvalue weighted by molar-refractivity contribution is 5.92. The second-order valence-electron chi connectivity index (χ2n) is 10.0. The number of Topliss-reactive ketones (excluding diaryl/α,β-unsaturated/α-hetero) is 1. The molecule has 1 N–H and O–H groups in total. The molecule has 8 nitrogen and oxygen atoms in total. The Morgan fingerprint density at radius 3 is 2.45 bits per heavy atom. The van der Waals surface area contributed by atoms with E-state index in [0.29, 0.717) is 38.2 Å². The van der Waals surface area contributed by atoms with Crippen LogP contribution in [0.5, 0.6) is 0 Å². The van der Waals surface area contributed by atoms with E-state index in [1.165, 1.54) is 7.11 Å². The molecule has 1 unspecified atom stereocenters. The van der Waals surface area contributed by atoms with Crippen molar-refractivity contribution in [3.63, 3.8) is 0 Å². The summed E-state index contributed by atoms with van der Waals surface area (Å²) in [6, 6.07) is 5.24. The highest BCUT2D eigenvalue weighted by Gasteiger charge is 2.58. The number of ketones is 1. The van der Waals surface area contributed by atoms with Gasteiger partial charge < -0.3 is 24.4 Å². The third-order valence-corrected chi connectivity index (χ3v) is 6.51. The number of piperidine rings is 1. The van der Waals surface area contributed by atoms with Crippen LogP contribution in [0.1, 0.15) is 56.0 Å². The number of methoxy groups -OCH3 is 2. The number of ether oxygens (including phenoxy) is 3. The summed E-state index contributed by atoms with van der Waals surface area (Å²) in [7, 11) is 2.97. The van der Waals surface area contributed by atoms with Gasteiger partial charge in [0, 0.05) is 44.8 Å². The monoisotopic (exact) mass is 460 g/mol. The van der Waals surface area contributed by atoms with Crippen LogP contribution in [0.25, 0.3) is 0 Å².